The average molecular weight is 350 g/mol. The third-order valence-electron chi connectivity index (χ3n) is 4.77. The van der Waals surface area contributed by atoms with Gasteiger partial charge in [0.15, 0.2) is 0 Å². The number of hydrogen-bond donors (Lipinski definition) is 1. The first-order valence-electron chi connectivity index (χ1n) is 8.81. The second-order valence-electron chi connectivity index (χ2n) is 6.56. The maximum atomic E-state index is 4.98. The van der Waals surface area contributed by atoms with E-state index in [0.29, 0.717) is 6.04 Å². The Balaban J connectivity index is 1.56. The highest BCUT2D eigenvalue weighted by Crippen LogP contribution is 2.32. The first-order chi connectivity index (χ1) is 12.3. The Morgan fingerprint density at radius 2 is 2.00 bits per heavy atom. The lowest BCUT2D eigenvalue weighted by atomic mass is 9.92. The number of hydrogen-bond acceptors (Lipinski definition) is 5. The molecule has 0 amide bonds. The summed E-state index contributed by atoms with van der Waals surface area (Å²) in [5.41, 5.74) is 4.65. The maximum absolute atomic E-state index is 4.98. The molecule has 2 atom stereocenters. The average Bonchev–Trinajstić information content (AvgIpc) is 3.17. The predicted molar refractivity (Wildman–Crippen MR) is 101 cm³/mol. The van der Waals surface area contributed by atoms with Crippen molar-refractivity contribution in [2.24, 2.45) is 0 Å². The number of aryl methyl sites for hydroxylation is 1. The topological polar surface area (TPSA) is 50.7 Å². The molecule has 3 aromatic rings. The van der Waals surface area contributed by atoms with E-state index in [1.54, 1.807) is 11.3 Å². The fourth-order valence-electron chi connectivity index (χ4n) is 3.50. The van der Waals surface area contributed by atoms with E-state index in [2.05, 4.69) is 46.5 Å². The minimum atomic E-state index is 0.289. The Bertz CT molecular complexity index is 817. The summed E-state index contributed by atoms with van der Waals surface area (Å²) in [7, 11) is 0. The molecule has 1 saturated heterocycles. The number of nitrogens with zero attached hydrogens (tertiary/aromatic N) is 3. The van der Waals surface area contributed by atoms with Gasteiger partial charge in [-0.15, -0.1) is 11.3 Å². The molecule has 0 aromatic carbocycles. The summed E-state index contributed by atoms with van der Waals surface area (Å²) in [4.78, 5) is 13.9. The van der Waals surface area contributed by atoms with E-state index in [1.165, 1.54) is 17.7 Å². The van der Waals surface area contributed by atoms with Crippen LogP contribution >= 0.6 is 11.3 Å². The molecular weight excluding hydrogens is 328 g/mol. The predicted octanol–water partition coefficient (Wildman–Crippen LogP) is 4.39. The fourth-order valence-corrected chi connectivity index (χ4v) is 4.13. The number of rotatable bonds is 4. The molecule has 25 heavy (non-hydrogen) atoms. The highest BCUT2D eigenvalue weighted by atomic mass is 32.1. The largest absolute Gasteiger partial charge is 0.300 e. The van der Waals surface area contributed by atoms with E-state index in [-0.39, 0.29) is 6.04 Å². The van der Waals surface area contributed by atoms with Gasteiger partial charge in [-0.3, -0.25) is 9.97 Å². The van der Waals surface area contributed by atoms with Crippen molar-refractivity contribution in [3.05, 3.63) is 75.8 Å². The van der Waals surface area contributed by atoms with Gasteiger partial charge in [-0.1, -0.05) is 12.1 Å². The van der Waals surface area contributed by atoms with Crippen LogP contribution in [0.4, 0.5) is 0 Å². The number of thiazole rings is 1. The lowest BCUT2D eigenvalue weighted by Gasteiger charge is -2.31. The van der Waals surface area contributed by atoms with Gasteiger partial charge in [-0.05, 0) is 49.9 Å². The van der Waals surface area contributed by atoms with Crippen LogP contribution in [0, 0.1) is 6.92 Å². The van der Waals surface area contributed by atoms with E-state index < -0.39 is 0 Å². The van der Waals surface area contributed by atoms with Gasteiger partial charge in [0.05, 0.1) is 22.4 Å². The highest BCUT2D eigenvalue weighted by molar-refractivity contribution is 7.09. The molecule has 3 aromatic heterocycles. The molecule has 1 aliphatic rings. The molecule has 0 spiro atoms. The quantitative estimate of drug-likeness (QED) is 0.758. The molecule has 4 heterocycles. The summed E-state index contributed by atoms with van der Waals surface area (Å²) >= 11 is 1.69. The van der Waals surface area contributed by atoms with Gasteiger partial charge in [0.25, 0.3) is 0 Å². The first kappa shape index (κ1) is 16.4. The summed E-state index contributed by atoms with van der Waals surface area (Å²) < 4.78 is 0. The Labute approximate surface area is 152 Å². The van der Waals surface area contributed by atoms with Crippen molar-refractivity contribution >= 4 is 11.3 Å². The van der Waals surface area contributed by atoms with Crippen molar-refractivity contribution in [2.75, 3.05) is 0 Å². The summed E-state index contributed by atoms with van der Waals surface area (Å²) in [6.45, 7) is 2.15. The monoisotopic (exact) mass is 350 g/mol. The smallest absolute Gasteiger partial charge is 0.0984 e. The second kappa shape index (κ2) is 7.42. The van der Waals surface area contributed by atoms with Crippen molar-refractivity contribution in [3.63, 3.8) is 0 Å². The zero-order valence-corrected chi connectivity index (χ0v) is 15.2. The van der Waals surface area contributed by atoms with Gasteiger partial charge in [0.1, 0.15) is 0 Å². The third-order valence-corrected chi connectivity index (χ3v) is 5.55. The van der Waals surface area contributed by atoms with Crippen LogP contribution in [-0.2, 0) is 6.42 Å². The standard InChI is InChI=1S/C20H22N4S/c1-14-8-9-15(13-19-22-11-12-25-19)23-20(14)18-7-4-6-17(24-18)16-5-2-3-10-21-16/h2-3,5,8-12,17-18,24H,4,6-7,13H2,1H3/t17-,18+/m0/s1. The Hall–Kier alpha value is -2.11. The molecule has 5 heteroatoms. The van der Waals surface area contributed by atoms with Crippen molar-refractivity contribution in [1.82, 2.24) is 20.3 Å². The van der Waals surface area contributed by atoms with Crippen LogP contribution in [0.15, 0.2) is 48.1 Å². The van der Waals surface area contributed by atoms with Crippen LogP contribution in [0.25, 0.3) is 0 Å². The van der Waals surface area contributed by atoms with E-state index in [0.717, 1.165) is 35.7 Å². The Kier molecular flexibility index (Phi) is 4.85. The molecule has 0 bridgehead atoms. The molecule has 0 saturated carbocycles. The molecule has 128 valence electrons. The van der Waals surface area contributed by atoms with Crippen LogP contribution in [0.3, 0.4) is 0 Å². The zero-order chi connectivity index (χ0) is 17.1. The summed E-state index contributed by atoms with van der Waals surface area (Å²) in [6, 6.07) is 11.1. The molecule has 1 aliphatic heterocycles. The molecule has 4 rings (SSSR count). The lowest BCUT2D eigenvalue weighted by Crippen LogP contribution is -2.32. The van der Waals surface area contributed by atoms with E-state index >= 15 is 0 Å². The van der Waals surface area contributed by atoms with Gasteiger partial charge < -0.3 is 5.32 Å². The van der Waals surface area contributed by atoms with Crippen molar-refractivity contribution in [3.8, 4) is 0 Å². The number of piperidine rings is 1. The van der Waals surface area contributed by atoms with Crippen LogP contribution in [0.2, 0.25) is 0 Å². The minimum Gasteiger partial charge on any atom is -0.300 e. The van der Waals surface area contributed by atoms with Gasteiger partial charge in [0.2, 0.25) is 0 Å². The molecule has 1 N–H and O–H groups in total. The maximum Gasteiger partial charge on any atom is 0.0984 e. The minimum absolute atomic E-state index is 0.289. The molecule has 0 aliphatic carbocycles. The summed E-state index contributed by atoms with van der Waals surface area (Å²) in [6.07, 6.45) is 7.98. The van der Waals surface area contributed by atoms with E-state index in [9.17, 15) is 0 Å². The van der Waals surface area contributed by atoms with Crippen molar-refractivity contribution in [1.29, 1.82) is 0 Å². The van der Waals surface area contributed by atoms with Crippen molar-refractivity contribution in [2.45, 2.75) is 44.7 Å². The van der Waals surface area contributed by atoms with Crippen LogP contribution < -0.4 is 5.32 Å². The van der Waals surface area contributed by atoms with Crippen LogP contribution in [0.5, 0.6) is 0 Å². The Morgan fingerprint density at radius 1 is 1.08 bits per heavy atom. The fraction of sp³-hybridized carbons (Fsp3) is 0.350. The van der Waals surface area contributed by atoms with Gasteiger partial charge in [0, 0.05) is 35.9 Å². The molecular formula is C20H22N4S. The van der Waals surface area contributed by atoms with E-state index in [1.807, 2.05) is 23.8 Å². The highest BCUT2D eigenvalue weighted by Gasteiger charge is 2.26. The summed E-state index contributed by atoms with van der Waals surface area (Å²) in [5, 5.41) is 6.91. The molecule has 0 radical (unpaired) electrons. The van der Waals surface area contributed by atoms with Crippen LogP contribution in [0.1, 0.15) is 59.0 Å². The Morgan fingerprint density at radius 3 is 2.80 bits per heavy atom. The molecule has 1 fully saturated rings. The van der Waals surface area contributed by atoms with E-state index in [4.69, 9.17) is 4.98 Å². The lowest BCUT2D eigenvalue weighted by molar-refractivity contribution is 0.320. The van der Waals surface area contributed by atoms with Gasteiger partial charge in [-0.25, -0.2) is 4.98 Å². The normalized spacial score (nSPS) is 20.5. The van der Waals surface area contributed by atoms with Crippen molar-refractivity contribution < 1.29 is 0 Å². The number of aromatic nitrogens is 3. The third kappa shape index (κ3) is 3.78. The number of nitrogens with one attached hydrogen (secondary N) is 1. The molecule has 0 unspecified atom stereocenters. The first-order valence-corrected chi connectivity index (χ1v) is 9.69. The summed E-state index contributed by atoms with van der Waals surface area (Å²) in [5.74, 6) is 0. The van der Waals surface area contributed by atoms with Gasteiger partial charge in [-0.2, -0.15) is 0 Å². The number of pyridine rings is 2. The SMILES string of the molecule is Cc1ccc(Cc2nccs2)nc1[C@H]1CCC[C@@H](c2ccccn2)N1. The molecule has 4 nitrogen and oxygen atoms in total. The zero-order valence-electron chi connectivity index (χ0n) is 14.4. The van der Waals surface area contributed by atoms with Gasteiger partial charge >= 0.3 is 0 Å². The second-order valence-corrected chi connectivity index (χ2v) is 7.54. The van der Waals surface area contributed by atoms with Crippen LogP contribution in [-0.4, -0.2) is 15.0 Å².